The summed E-state index contributed by atoms with van der Waals surface area (Å²) in [6, 6.07) is 5.21. The first-order chi connectivity index (χ1) is 11.6. The van der Waals surface area contributed by atoms with Crippen molar-refractivity contribution >= 4 is 5.91 Å². The minimum atomic E-state index is -0.491. The van der Waals surface area contributed by atoms with Crippen molar-refractivity contribution in [1.29, 1.82) is 0 Å². The molecule has 0 radical (unpaired) electrons. The van der Waals surface area contributed by atoms with E-state index in [9.17, 15) is 9.90 Å². The Morgan fingerprint density at radius 3 is 2.83 bits per heavy atom. The zero-order chi connectivity index (χ0) is 17.2. The number of imidazole rings is 1. The maximum Gasteiger partial charge on any atom is 0.230 e. The van der Waals surface area contributed by atoms with Crippen LogP contribution in [0.5, 0.6) is 11.5 Å². The number of carbonyl (C=O) groups is 1. The van der Waals surface area contributed by atoms with Gasteiger partial charge in [0.2, 0.25) is 5.91 Å². The van der Waals surface area contributed by atoms with Crippen molar-refractivity contribution in [3.8, 4) is 11.5 Å². The lowest BCUT2D eigenvalue weighted by molar-refractivity contribution is -0.123. The second-order valence-electron chi connectivity index (χ2n) is 6.31. The van der Waals surface area contributed by atoms with Crippen LogP contribution in [0.1, 0.15) is 30.5 Å². The first-order valence-corrected chi connectivity index (χ1v) is 8.19. The number of hydrogen-bond donors (Lipinski definition) is 2. The van der Waals surface area contributed by atoms with Gasteiger partial charge in [0.25, 0.3) is 0 Å². The Morgan fingerprint density at radius 1 is 1.46 bits per heavy atom. The molecule has 0 bridgehead atoms. The number of aryl methyl sites for hydroxylation is 2. The van der Waals surface area contributed by atoms with Crippen LogP contribution in [0.2, 0.25) is 0 Å². The number of methoxy groups -OCH3 is 1. The van der Waals surface area contributed by atoms with Crippen LogP contribution in [0.3, 0.4) is 0 Å². The number of phenols is 1. The molecule has 1 amide bonds. The predicted octanol–water partition coefficient (Wildman–Crippen LogP) is 2.14. The lowest BCUT2D eigenvalue weighted by atomic mass is 9.94. The molecule has 0 aliphatic heterocycles. The van der Waals surface area contributed by atoms with Gasteiger partial charge in [-0.25, -0.2) is 4.98 Å². The molecule has 6 nitrogen and oxygen atoms in total. The fourth-order valence-electron chi connectivity index (χ4n) is 3.00. The van der Waals surface area contributed by atoms with Gasteiger partial charge in [-0.1, -0.05) is 6.07 Å². The molecule has 2 N–H and O–H groups in total. The van der Waals surface area contributed by atoms with Crippen molar-refractivity contribution in [3.05, 3.63) is 42.0 Å². The average molecular weight is 329 g/mol. The summed E-state index contributed by atoms with van der Waals surface area (Å²) in [7, 11) is 1.51. The van der Waals surface area contributed by atoms with Gasteiger partial charge in [0.05, 0.1) is 18.9 Å². The minimum Gasteiger partial charge on any atom is -0.504 e. The number of hydrogen-bond acceptors (Lipinski definition) is 4. The van der Waals surface area contributed by atoms with Crippen LogP contribution < -0.4 is 10.1 Å². The number of carbonyl (C=O) groups excluding carboxylic acids is 1. The zero-order valence-electron chi connectivity index (χ0n) is 14.1. The van der Waals surface area contributed by atoms with E-state index in [1.54, 1.807) is 18.5 Å². The Morgan fingerprint density at radius 2 is 2.25 bits per heavy atom. The zero-order valence-corrected chi connectivity index (χ0v) is 14.1. The van der Waals surface area contributed by atoms with Gasteiger partial charge >= 0.3 is 0 Å². The fourth-order valence-corrected chi connectivity index (χ4v) is 3.00. The molecular weight excluding hydrogens is 306 g/mol. The molecular formula is C18H23N3O3. The Kier molecular flexibility index (Phi) is 4.46. The molecule has 1 aliphatic rings. The molecule has 0 spiro atoms. The highest BCUT2D eigenvalue weighted by atomic mass is 16.5. The molecule has 3 rings (SSSR count). The molecule has 1 aromatic heterocycles. The van der Waals surface area contributed by atoms with Crippen molar-refractivity contribution < 1.29 is 14.6 Å². The van der Waals surface area contributed by atoms with E-state index in [0.717, 1.165) is 37.1 Å². The first kappa shape index (κ1) is 16.4. The highest BCUT2D eigenvalue weighted by Crippen LogP contribution is 2.49. The van der Waals surface area contributed by atoms with E-state index >= 15 is 0 Å². The summed E-state index contributed by atoms with van der Waals surface area (Å²) < 4.78 is 7.13. The maximum atomic E-state index is 12.6. The van der Waals surface area contributed by atoms with Gasteiger partial charge in [-0.2, -0.15) is 0 Å². The van der Waals surface area contributed by atoms with E-state index in [-0.39, 0.29) is 11.7 Å². The number of aromatic hydroxyl groups is 1. The normalized spacial score (nSPS) is 15.1. The summed E-state index contributed by atoms with van der Waals surface area (Å²) in [5.41, 5.74) is 1.48. The van der Waals surface area contributed by atoms with E-state index in [1.165, 1.54) is 7.11 Å². The SMILES string of the molecule is COc1ccc(C2(C(=O)NCCCn3cncc3C)CC2)cc1O. The van der Waals surface area contributed by atoms with E-state index in [2.05, 4.69) is 14.9 Å². The number of ether oxygens (including phenoxy) is 1. The smallest absolute Gasteiger partial charge is 0.230 e. The summed E-state index contributed by atoms with van der Waals surface area (Å²) in [6.07, 6.45) is 6.11. The van der Waals surface area contributed by atoms with E-state index in [0.29, 0.717) is 12.3 Å². The van der Waals surface area contributed by atoms with Gasteiger partial charge in [0, 0.05) is 25.0 Å². The molecule has 1 aromatic carbocycles. The number of benzene rings is 1. The first-order valence-electron chi connectivity index (χ1n) is 8.19. The third-order valence-electron chi connectivity index (χ3n) is 4.70. The summed E-state index contributed by atoms with van der Waals surface area (Å²) in [6.45, 7) is 3.48. The van der Waals surface area contributed by atoms with Crippen LogP contribution in [0.4, 0.5) is 0 Å². The number of aromatic nitrogens is 2. The molecule has 128 valence electrons. The summed E-state index contributed by atoms with van der Waals surface area (Å²) >= 11 is 0. The quantitative estimate of drug-likeness (QED) is 0.763. The molecule has 0 atom stereocenters. The number of amides is 1. The molecule has 0 unspecified atom stereocenters. The lowest BCUT2D eigenvalue weighted by Crippen LogP contribution is -2.35. The third-order valence-corrected chi connectivity index (χ3v) is 4.70. The van der Waals surface area contributed by atoms with Gasteiger partial charge in [-0.05, 0) is 43.9 Å². The van der Waals surface area contributed by atoms with Crippen LogP contribution in [0.25, 0.3) is 0 Å². The fraction of sp³-hybridized carbons (Fsp3) is 0.444. The van der Waals surface area contributed by atoms with Gasteiger partial charge in [0.15, 0.2) is 11.5 Å². The molecule has 1 aliphatic carbocycles. The van der Waals surface area contributed by atoms with Gasteiger partial charge in [0.1, 0.15) is 0 Å². The summed E-state index contributed by atoms with van der Waals surface area (Å²) in [4.78, 5) is 16.7. The highest BCUT2D eigenvalue weighted by Gasteiger charge is 2.51. The number of phenolic OH excluding ortho intramolecular Hbond substituents is 1. The van der Waals surface area contributed by atoms with Gasteiger partial charge < -0.3 is 19.7 Å². The standard InChI is InChI=1S/C18H23N3O3/c1-13-11-19-12-21(13)9-3-8-20-17(23)18(6-7-18)14-4-5-16(24-2)15(22)10-14/h4-5,10-12,22H,3,6-9H2,1-2H3,(H,20,23). The van der Waals surface area contributed by atoms with Crippen molar-refractivity contribution in [1.82, 2.24) is 14.9 Å². The van der Waals surface area contributed by atoms with Gasteiger partial charge in [-0.15, -0.1) is 0 Å². The monoisotopic (exact) mass is 329 g/mol. The maximum absolute atomic E-state index is 12.6. The third kappa shape index (κ3) is 3.09. The van der Waals surface area contributed by atoms with Crippen molar-refractivity contribution in [3.63, 3.8) is 0 Å². The lowest BCUT2D eigenvalue weighted by Gasteiger charge is -2.17. The Balaban J connectivity index is 1.56. The van der Waals surface area contributed by atoms with Crippen LogP contribution >= 0.6 is 0 Å². The minimum absolute atomic E-state index is 0.0365. The largest absolute Gasteiger partial charge is 0.504 e. The Hall–Kier alpha value is -2.50. The number of rotatable bonds is 7. The predicted molar refractivity (Wildman–Crippen MR) is 90.2 cm³/mol. The molecule has 24 heavy (non-hydrogen) atoms. The van der Waals surface area contributed by atoms with Crippen molar-refractivity contribution in [2.24, 2.45) is 0 Å². The van der Waals surface area contributed by atoms with Crippen LogP contribution in [-0.2, 0) is 16.8 Å². The number of nitrogens with zero attached hydrogens (tertiary/aromatic N) is 2. The second kappa shape index (κ2) is 6.55. The number of nitrogens with one attached hydrogen (secondary N) is 1. The summed E-state index contributed by atoms with van der Waals surface area (Å²) in [5.74, 6) is 0.532. The van der Waals surface area contributed by atoms with E-state index in [1.807, 2.05) is 19.2 Å². The van der Waals surface area contributed by atoms with Gasteiger partial charge in [-0.3, -0.25) is 4.79 Å². The van der Waals surface area contributed by atoms with Crippen molar-refractivity contribution in [2.75, 3.05) is 13.7 Å². The Bertz CT molecular complexity index is 735. The molecule has 0 saturated heterocycles. The summed E-state index contributed by atoms with van der Waals surface area (Å²) in [5, 5.41) is 13.0. The van der Waals surface area contributed by atoms with Crippen molar-refractivity contribution in [2.45, 2.75) is 38.1 Å². The average Bonchev–Trinajstić information content (AvgIpc) is 3.29. The van der Waals surface area contributed by atoms with E-state index < -0.39 is 5.41 Å². The van der Waals surface area contributed by atoms with Crippen LogP contribution in [0.15, 0.2) is 30.7 Å². The van der Waals surface area contributed by atoms with Crippen LogP contribution in [-0.4, -0.2) is 34.2 Å². The molecule has 1 heterocycles. The van der Waals surface area contributed by atoms with Crippen LogP contribution in [0, 0.1) is 6.92 Å². The Labute approximate surface area is 141 Å². The molecule has 6 heteroatoms. The van der Waals surface area contributed by atoms with E-state index in [4.69, 9.17) is 4.74 Å². The second-order valence-corrected chi connectivity index (χ2v) is 6.31. The highest BCUT2D eigenvalue weighted by molar-refractivity contribution is 5.91. The molecule has 1 saturated carbocycles. The molecule has 2 aromatic rings. The topological polar surface area (TPSA) is 76.4 Å². The molecule has 1 fully saturated rings.